The van der Waals surface area contributed by atoms with Crippen LogP contribution in [0.4, 0.5) is 14.5 Å². The number of aromatic amines is 1. The minimum Gasteiger partial charge on any atom is -0.360 e. The summed E-state index contributed by atoms with van der Waals surface area (Å²) in [5, 5.41) is 3.39. The van der Waals surface area contributed by atoms with Crippen LogP contribution in [0.3, 0.4) is 0 Å². The molecule has 0 bridgehead atoms. The molecule has 5 nitrogen and oxygen atoms in total. The molecule has 4 rings (SSSR count). The number of nitrogens with zero attached hydrogens (tertiary/aromatic N) is 1. The summed E-state index contributed by atoms with van der Waals surface area (Å²) < 4.78 is 26.1. The van der Waals surface area contributed by atoms with Crippen molar-refractivity contribution >= 4 is 28.4 Å². The largest absolute Gasteiger partial charge is 0.360 e. The second-order valence-electron chi connectivity index (χ2n) is 6.27. The van der Waals surface area contributed by atoms with Crippen LogP contribution in [-0.4, -0.2) is 34.8 Å². The van der Waals surface area contributed by atoms with Crippen molar-refractivity contribution in [3.05, 3.63) is 65.9 Å². The summed E-state index contributed by atoms with van der Waals surface area (Å²) >= 11 is 0. The van der Waals surface area contributed by atoms with E-state index in [0.717, 1.165) is 23.0 Å². The summed E-state index contributed by atoms with van der Waals surface area (Å²) in [6.07, 6.45) is 1.67. The van der Waals surface area contributed by atoms with Crippen LogP contribution in [0.5, 0.6) is 0 Å². The summed E-state index contributed by atoms with van der Waals surface area (Å²) in [6.45, 7) is 0.571. The van der Waals surface area contributed by atoms with Crippen LogP contribution < -0.4 is 5.32 Å². The number of likely N-dealkylation sites (tertiary alicyclic amines) is 1. The second-order valence-corrected chi connectivity index (χ2v) is 6.27. The summed E-state index contributed by atoms with van der Waals surface area (Å²) in [6, 6.07) is 10.7. The highest BCUT2D eigenvalue weighted by Gasteiger charge is 2.36. The van der Waals surface area contributed by atoms with Crippen molar-refractivity contribution in [2.45, 2.75) is 0 Å². The van der Waals surface area contributed by atoms with E-state index in [1.807, 2.05) is 24.3 Å². The highest BCUT2D eigenvalue weighted by Crippen LogP contribution is 2.25. The van der Waals surface area contributed by atoms with Crippen LogP contribution >= 0.6 is 0 Å². The average molecular weight is 355 g/mol. The summed E-state index contributed by atoms with van der Waals surface area (Å²) in [5.74, 6) is -2.83. The highest BCUT2D eigenvalue weighted by atomic mass is 19.2. The minimum atomic E-state index is -1.02. The maximum Gasteiger partial charge on any atom is 0.256 e. The number of hydrogen-bond donors (Lipinski definition) is 2. The van der Waals surface area contributed by atoms with E-state index in [9.17, 15) is 18.4 Å². The Kier molecular flexibility index (Phi) is 3.91. The van der Waals surface area contributed by atoms with E-state index in [2.05, 4.69) is 10.3 Å². The van der Waals surface area contributed by atoms with Gasteiger partial charge in [-0.25, -0.2) is 8.78 Å². The van der Waals surface area contributed by atoms with Crippen molar-refractivity contribution in [2.75, 3.05) is 18.4 Å². The van der Waals surface area contributed by atoms with Gasteiger partial charge in [-0.15, -0.1) is 0 Å². The number of H-pyrrole nitrogens is 1. The van der Waals surface area contributed by atoms with Crippen molar-refractivity contribution < 1.29 is 18.4 Å². The number of carbonyl (C=O) groups excluding carboxylic acids is 2. The SMILES string of the molecule is O=C(Nc1ccc(F)c(F)c1)C1CN(C(=O)c2c[nH]c3ccccc23)C1. The van der Waals surface area contributed by atoms with E-state index in [1.165, 1.54) is 6.07 Å². The molecule has 1 aliphatic rings. The van der Waals surface area contributed by atoms with Crippen LogP contribution in [0.1, 0.15) is 10.4 Å². The molecule has 0 spiro atoms. The molecule has 1 aliphatic heterocycles. The quantitative estimate of drug-likeness (QED) is 0.758. The maximum atomic E-state index is 13.2. The van der Waals surface area contributed by atoms with E-state index >= 15 is 0 Å². The molecule has 0 radical (unpaired) electrons. The summed E-state index contributed by atoms with van der Waals surface area (Å²) in [4.78, 5) is 29.4. The molecule has 2 N–H and O–H groups in total. The molecule has 0 saturated carbocycles. The third-order valence-corrected chi connectivity index (χ3v) is 4.55. The molecule has 0 unspecified atom stereocenters. The van der Waals surface area contributed by atoms with Gasteiger partial charge in [0.1, 0.15) is 0 Å². The molecule has 1 aromatic heterocycles. The summed E-state index contributed by atoms with van der Waals surface area (Å²) in [7, 11) is 0. The predicted octanol–water partition coefficient (Wildman–Crippen LogP) is 3.16. The second kappa shape index (κ2) is 6.25. The fourth-order valence-electron chi connectivity index (χ4n) is 3.05. The third-order valence-electron chi connectivity index (χ3n) is 4.55. The first kappa shape index (κ1) is 16.3. The fraction of sp³-hybridized carbons (Fsp3) is 0.158. The molecule has 26 heavy (non-hydrogen) atoms. The number of benzene rings is 2. The van der Waals surface area contributed by atoms with Crippen molar-refractivity contribution in [1.82, 2.24) is 9.88 Å². The van der Waals surface area contributed by atoms with E-state index in [1.54, 1.807) is 11.1 Å². The lowest BCUT2D eigenvalue weighted by Crippen LogP contribution is -2.54. The summed E-state index contributed by atoms with van der Waals surface area (Å²) in [5.41, 5.74) is 1.64. The van der Waals surface area contributed by atoms with Gasteiger partial charge < -0.3 is 15.2 Å². The van der Waals surface area contributed by atoms with Gasteiger partial charge in [-0.05, 0) is 18.2 Å². The molecule has 2 heterocycles. The van der Waals surface area contributed by atoms with Gasteiger partial charge in [-0.2, -0.15) is 0 Å². The minimum absolute atomic E-state index is 0.140. The lowest BCUT2D eigenvalue weighted by molar-refractivity contribution is -0.123. The molecule has 3 aromatic rings. The number of halogens is 2. The fourth-order valence-corrected chi connectivity index (χ4v) is 3.05. The van der Waals surface area contributed by atoms with Gasteiger partial charge in [0.2, 0.25) is 5.91 Å². The number of fused-ring (bicyclic) bond motifs is 1. The first-order valence-electron chi connectivity index (χ1n) is 8.14. The molecule has 2 aromatic carbocycles. The number of rotatable bonds is 3. The number of nitrogens with one attached hydrogen (secondary N) is 2. The van der Waals surface area contributed by atoms with Gasteiger partial charge in [0.15, 0.2) is 11.6 Å². The Balaban J connectivity index is 1.39. The van der Waals surface area contributed by atoms with Crippen LogP contribution in [-0.2, 0) is 4.79 Å². The number of hydrogen-bond acceptors (Lipinski definition) is 2. The molecule has 0 aliphatic carbocycles. The zero-order chi connectivity index (χ0) is 18.3. The van der Waals surface area contributed by atoms with Crippen LogP contribution in [0.2, 0.25) is 0 Å². The molecule has 7 heteroatoms. The van der Waals surface area contributed by atoms with E-state index in [-0.39, 0.29) is 36.5 Å². The Morgan fingerprint density at radius 2 is 1.85 bits per heavy atom. The van der Waals surface area contributed by atoms with E-state index in [4.69, 9.17) is 0 Å². The smallest absolute Gasteiger partial charge is 0.256 e. The van der Waals surface area contributed by atoms with Crippen molar-refractivity contribution in [3.63, 3.8) is 0 Å². The Bertz CT molecular complexity index is 1010. The molecule has 2 amide bonds. The van der Waals surface area contributed by atoms with Gasteiger partial charge in [0.25, 0.3) is 5.91 Å². The van der Waals surface area contributed by atoms with Crippen molar-refractivity contribution in [3.8, 4) is 0 Å². The highest BCUT2D eigenvalue weighted by molar-refractivity contribution is 6.07. The van der Waals surface area contributed by atoms with E-state index < -0.39 is 11.6 Å². The average Bonchev–Trinajstić information content (AvgIpc) is 3.01. The standard InChI is InChI=1S/C19H15F2N3O2/c20-15-6-5-12(7-16(15)21)23-18(25)11-9-24(10-11)19(26)14-8-22-17-4-2-1-3-13(14)17/h1-8,11,22H,9-10H2,(H,23,25). The molecule has 1 fully saturated rings. The van der Waals surface area contributed by atoms with Gasteiger partial charge in [-0.1, -0.05) is 18.2 Å². The Labute approximate surface area is 147 Å². The zero-order valence-corrected chi connectivity index (χ0v) is 13.6. The number of para-hydroxylation sites is 1. The predicted molar refractivity (Wildman–Crippen MR) is 92.7 cm³/mol. The number of carbonyl (C=O) groups is 2. The number of anilines is 1. The Hall–Kier alpha value is -3.22. The van der Waals surface area contributed by atoms with E-state index in [0.29, 0.717) is 5.56 Å². The molecule has 132 valence electrons. The zero-order valence-electron chi connectivity index (χ0n) is 13.6. The van der Waals surface area contributed by atoms with Gasteiger partial charge >= 0.3 is 0 Å². The normalized spacial score (nSPS) is 14.3. The number of aromatic nitrogens is 1. The van der Waals surface area contributed by atoms with Gasteiger partial charge in [0, 0.05) is 41.9 Å². The number of amides is 2. The molecule has 0 atom stereocenters. The monoisotopic (exact) mass is 355 g/mol. The Morgan fingerprint density at radius 1 is 1.08 bits per heavy atom. The topological polar surface area (TPSA) is 65.2 Å². The maximum absolute atomic E-state index is 13.2. The molecular formula is C19H15F2N3O2. The van der Waals surface area contributed by atoms with Crippen molar-refractivity contribution in [2.24, 2.45) is 5.92 Å². The molecule has 1 saturated heterocycles. The lowest BCUT2D eigenvalue weighted by Gasteiger charge is -2.38. The van der Waals surface area contributed by atoms with Gasteiger partial charge in [-0.3, -0.25) is 9.59 Å². The Morgan fingerprint density at radius 3 is 2.62 bits per heavy atom. The van der Waals surface area contributed by atoms with Crippen LogP contribution in [0.15, 0.2) is 48.7 Å². The lowest BCUT2D eigenvalue weighted by atomic mass is 9.97. The first-order valence-corrected chi connectivity index (χ1v) is 8.14. The first-order chi connectivity index (χ1) is 12.5. The van der Waals surface area contributed by atoms with Gasteiger partial charge in [0.05, 0.1) is 11.5 Å². The van der Waals surface area contributed by atoms with Crippen LogP contribution in [0, 0.1) is 17.6 Å². The van der Waals surface area contributed by atoms with Crippen molar-refractivity contribution in [1.29, 1.82) is 0 Å². The molecular weight excluding hydrogens is 340 g/mol. The third kappa shape index (κ3) is 2.81. The van der Waals surface area contributed by atoms with Crippen LogP contribution in [0.25, 0.3) is 10.9 Å².